The van der Waals surface area contributed by atoms with Gasteiger partial charge in [0.15, 0.2) is 0 Å². The van der Waals surface area contributed by atoms with Gasteiger partial charge in [0.05, 0.1) is 0 Å². The second kappa shape index (κ2) is 10.6. The Kier molecular flexibility index (Phi) is 7.10. The first kappa shape index (κ1) is 24.8. The number of hydrogen-bond donors (Lipinski definition) is 0. The molecule has 0 saturated heterocycles. The van der Waals surface area contributed by atoms with Crippen molar-refractivity contribution < 1.29 is 0 Å². The molecule has 0 amide bonds. The first-order valence-electron chi connectivity index (χ1n) is 13.3. The molecule has 0 nitrogen and oxygen atoms in total. The lowest BCUT2D eigenvalue weighted by Crippen LogP contribution is -2.09. The highest BCUT2D eigenvalue weighted by molar-refractivity contribution is 5.92. The lowest BCUT2D eigenvalue weighted by Gasteiger charge is -2.29. The highest BCUT2D eigenvalue weighted by Crippen LogP contribution is 2.47. The highest BCUT2D eigenvalue weighted by Gasteiger charge is 2.26. The maximum atomic E-state index is 4.35. The van der Waals surface area contributed by atoms with Crippen molar-refractivity contribution in [3.05, 3.63) is 149 Å². The van der Waals surface area contributed by atoms with Crippen molar-refractivity contribution in [3.8, 4) is 22.3 Å². The molecule has 4 aromatic rings. The van der Waals surface area contributed by atoms with Crippen LogP contribution in [0.5, 0.6) is 0 Å². The molecule has 1 atom stereocenters. The summed E-state index contributed by atoms with van der Waals surface area (Å²) in [4.78, 5) is 0. The Balaban J connectivity index is 1.88. The third-order valence-electron chi connectivity index (χ3n) is 7.72. The Labute approximate surface area is 222 Å². The first-order chi connectivity index (χ1) is 18.0. The van der Waals surface area contributed by atoms with Crippen LogP contribution >= 0.6 is 0 Å². The molecule has 0 fully saturated rings. The minimum absolute atomic E-state index is 0.319. The topological polar surface area (TPSA) is 0 Å². The molecule has 1 unspecified atom stereocenters. The monoisotopic (exact) mass is 480 g/mol. The number of hydrogen-bond acceptors (Lipinski definition) is 0. The normalized spacial score (nSPS) is 14.9. The summed E-state index contributed by atoms with van der Waals surface area (Å²) < 4.78 is 0. The molecular weight excluding hydrogens is 444 g/mol. The van der Waals surface area contributed by atoms with E-state index in [2.05, 4.69) is 137 Å². The summed E-state index contributed by atoms with van der Waals surface area (Å²) in [5.74, 6) is 0.319. The minimum Gasteiger partial charge on any atom is -0.0998 e. The molecule has 5 rings (SSSR count). The fraction of sp³-hybridized carbons (Fsp3) is 0.189. The van der Waals surface area contributed by atoms with Gasteiger partial charge in [0.25, 0.3) is 0 Å². The zero-order valence-electron chi connectivity index (χ0n) is 22.5. The summed E-state index contributed by atoms with van der Waals surface area (Å²) in [6.07, 6.45) is 8.76. The fourth-order valence-corrected chi connectivity index (χ4v) is 5.81. The zero-order valence-corrected chi connectivity index (χ0v) is 22.5. The van der Waals surface area contributed by atoms with Gasteiger partial charge in [-0.1, -0.05) is 109 Å². The first-order valence-corrected chi connectivity index (χ1v) is 13.3. The van der Waals surface area contributed by atoms with Crippen LogP contribution in [-0.4, -0.2) is 0 Å². The molecule has 1 aliphatic carbocycles. The van der Waals surface area contributed by atoms with Crippen molar-refractivity contribution in [1.29, 1.82) is 0 Å². The van der Waals surface area contributed by atoms with Crippen molar-refractivity contribution in [2.24, 2.45) is 0 Å². The van der Waals surface area contributed by atoms with Gasteiger partial charge in [-0.05, 0) is 108 Å². The molecule has 0 aromatic heterocycles. The predicted molar refractivity (Wildman–Crippen MR) is 161 cm³/mol. The Morgan fingerprint density at radius 2 is 1.38 bits per heavy atom. The third kappa shape index (κ3) is 4.89. The van der Waals surface area contributed by atoms with Crippen LogP contribution in [0.2, 0.25) is 0 Å². The molecule has 0 radical (unpaired) electrons. The van der Waals surface area contributed by atoms with Crippen LogP contribution in [-0.2, 0) is 6.42 Å². The Hall–Kier alpha value is -3.90. The summed E-state index contributed by atoms with van der Waals surface area (Å²) in [5, 5.41) is 0. The van der Waals surface area contributed by atoms with E-state index in [9.17, 15) is 0 Å². The van der Waals surface area contributed by atoms with Crippen molar-refractivity contribution >= 4 is 5.57 Å². The fourth-order valence-electron chi connectivity index (χ4n) is 5.81. The molecule has 0 aliphatic heterocycles. The van der Waals surface area contributed by atoms with E-state index < -0.39 is 0 Å². The second-order valence-electron chi connectivity index (χ2n) is 10.5. The van der Waals surface area contributed by atoms with Gasteiger partial charge in [0.2, 0.25) is 0 Å². The van der Waals surface area contributed by atoms with Gasteiger partial charge in [-0.2, -0.15) is 0 Å². The van der Waals surface area contributed by atoms with E-state index in [0.29, 0.717) is 5.92 Å². The van der Waals surface area contributed by atoms with Gasteiger partial charge in [-0.3, -0.25) is 0 Å². The number of benzene rings is 4. The molecule has 0 heteroatoms. The van der Waals surface area contributed by atoms with Crippen molar-refractivity contribution in [3.63, 3.8) is 0 Å². The van der Waals surface area contributed by atoms with Crippen LogP contribution < -0.4 is 0 Å². The molecule has 0 N–H and O–H groups in total. The second-order valence-corrected chi connectivity index (χ2v) is 10.5. The van der Waals surface area contributed by atoms with Crippen molar-refractivity contribution in [1.82, 2.24) is 0 Å². The number of aryl methyl sites for hydroxylation is 2. The Morgan fingerprint density at radius 1 is 0.757 bits per heavy atom. The molecule has 37 heavy (non-hydrogen) atoms. The lowest BCUT2D eigenvalue weighted by molar-refractivity contribution is 0.873. The molecule has 184 valence electrons. The Bertz CT molecular complexity index is 1510. The van der Waals surface area contributed by atoms with E-state index in [1.54, 1.807) is 0 Å². The van der Waals surface area contributed by atoms with E-state index in [-0.39, 0.29) is 0 Å². The van der Waals surface area contributed by atoms with Crippen LogP contribution in [0, 0.1) is 20.8 Å². The van der Waals surface area contributed by atoms with E-state index >= 15 is 0 Å². The maximum absolute atomic E-state index is 4.35. The van der Waals surface area contributed by atoms with Crippen LogP contribution in [0.15, 0.2) is 115 Å². The molecule has 0 spiro atoms. The Morgan fingerprint density at radius 3 is 2.03 bits per heavy atom. The number of allylic oxidation sites excluding steroid dienone is 5. The standard InChI is InChI=1S/C37H36/c1-25(2)23-35-28(5)34(30-19-11-9-15-26(30)3)24-36(37(35)31-20-12-10-16-27(31)4)33-22-14-13-21-32(33)29-17-7-6-8-18-29/h6-20,22,24,32H,1,21,23H2,2-5H3. The molecule has 4 aromatic carbocycles. The number of rotatable bonds is 6. The van der Waals surface area contributed by atoms with E-state index in [0.717, 1.165) is 12.8 Å². The largest absolute Gasteiger partial charge is 0.0998 e. The quantitative estimate of drug-likeness (QED) is 0.241. The summed E-state index contributed by atoms with van der Waals surface area (Å²) >= 11 is 0. The summed E-state index contributed by atoms with van der Waals surface area (Å²) in [6, 6.07) is 31.1. The summed E-state index contributed by atoms with van der Waals surface area (Å²) in [5.41, 5.74) is 15.9. The molecule has 1 aliphatic rings. The van der Waals surface area contributed by atoms with Crippen LogP contribution in [0.3, 0.4) is 0 Å². The van der Waals surface area contributed by atoms with Gasteiger partial charge in [-0.15, -0.1) is 0 Å². The van der Waals surface area contributed by atoms with Crippen LogP contribution in [0.1, 0.15) is 52.6 Å². The molecule has 0 bridgehead atoms. The average molecular weight is 481 g/mol. The van der Waals surface area contributed by atoms with Crippen molar-refractivity contribution in [2.45, 2.75) is 46.5 Å². The minimum atomic E-state index is 0.319. The highest BCUT2D eigenvalue weighted by atomic mass is 14.3. The maximum Gasteiger partial charge on any atom is 0.0130 e. The van der Waals surface area contributed by atoms with Gasteiger partial charge < -0.3 is 0 Å². The summed E-state index contributed by atoms with van der Waals surface area (Å²) in [7, 11) is 0. The van der Waals surface area contributed by atoms with Crippen molar-refractivity contribution in [2.75, 3.05) is 0 Å². The van der Waals surface area contributed by atoms with Crippen LogP contribution in [0.25, 0.3) is 27.8 Å². The smallest absolute Gasteiger partial charge is 0.0130 e. The predicted octanol–water partition coefficient (Wildman–Crippen LogP) is 10.2. The average Bonchev–Trinajstić information content (AvgIpc) is 2.91. The molecule has 0 saturated carbocycles. The SMILES string of the molecule is C=C(C)Cc1c(C)c(-c2ccccc2C)cc(C2=CC=CCC2c2ccccc2)c1-c1ccccc1C. The lowest BCUT2D eigenvalue weighted by atomic mass is 9.75. The van der Waals surface area contributed by atoms with Gasteiger partial charge in [0, 0.05) is 5.92 Å². The van der Waals surface area contributed by atoms with Gasteiger partial charge in [0.1, 0.15) is 0 Å². The summed E-state index contributed by atoms with van der Waals surface area (Å²) in [6.45, 7) is 13.3. The van der Waals surface area contributed by atoms with E-state index in [4.69, 9.17) is 0 Å². The van der Waals surface area contributed by atoms with Gasteiger partial charge >= 0.3 is 0 Å². The van der Waals surface area contributed by atoms with Crippen LogP contribution in [0.4, 0.5) is 0 Å². The van der Waals surface area contributed by atoms with Gasteiger partial charge in [-0.25, -0.2) is 0 Å². The third-order valence-corrected chi connectivity index (χ3v) is 7.72. The molecular formula is C37H36. The van der Waals surface area contributed by atoms with E-state index in [1.807, 2.05) is 0 Å². The molecule has 0 heterocycles. The zero-order chi connectivity index (χ0) is 25.9. The van der Waals surface area contributed by atoms with E-state index in [1.165, 1.54) is 66.8 Å².